The molecular formula is C27H27ClN2O5. The lowest BCUT2D eigenvalue weighted by Gasteiger charge is -2.11. The molecule has 0 radical (unpaired) electrons. The molecule has 0 aliphatic heterocycles. The van der Waals surface area contributed by atoms with Crippen LogP contribution in [-0.4, -0.2) is 24.4 Å². The van der Waals surface area contributed by atoms with Crippen molar-refractivity contribution < 1.29 is 23.9 Å². The lowest BCUT2D eigenvalue weighted by atomic mass is 10.1. The molecule has 0 bridgehead atoms. The standard InChI is InChI=1S/C27H27ClN2O5/c1-18-5-3-6-19(2)27(18)30-25(32)17-34-26(33)8-4-7-24(31)29-21-11-15-23(16-12-21)35-22-13-9-20(28)10-14-22/h3,5-6,9-16H,4,7-8,17H2,1-2H3,(H,29,31)(H,30,32). The normalized spacial score (nSPS) is 10.4. The molecule has 0 fully saturated rings. The van der Waals surface area contributed by atoms with Crippen LogP contribution in [0.4, 0.5) is 11.4 Å². The van der Waals surface area contributed by atoms with Crippen molar-refractivity contribution in [1.29, 1.82) is 0 Å². The molecule has 0 saturated heterocycles. The number of rotatable bonds is 10. The first kappa shape index (κ1) is 25.8. The number of anilines is 2. The van der Waals surface area contributed by atoms with Gasteiger partial charge in [-0.05, 0) is 79.9 Å². The largest absolute Gasteiger partial charge is 0.457 e. The maximum absolute atomic E-state index is 12.2. The van der Waals surface area contributed by atoms with E-state index < -0.39 is 11.9 Å². The number of ether oxygens (including phenoxy) is 2. The van der Waals surface area contributed by atoms with E-state index in [1.165, 1.54) is 0 Å². The Bertz CT molecular complexity index is 1160. The Morgan fingerprint density at radius 3 is 2.00 bits per heavy atom. The van der Waals surface area contributed by atoms with Crippen LogP contribution in [0.2, 0.25) is 5.02 Å². The zero-order valence-corrected chi connectivity index (χ0v) is 20.4. The van der Waals surface area contributed by atoms with Gasteiger partial charge < -0.3 is 20.1 Å². The van der Waals surface area contributed by atoms with E-state index in [9.17, 15) is 14.4 Å². The van der Waals surface area contributed by atoms with E-state index in [2.05, 4.69) is 10.6 Å². The molecule has 2 amide bonds. The van der Waals surface area contributed by atoms with Crippen molar-refractivity contribution in [3.8, 4) is 11.5 Å². The summed E-state index contributed by atoms with van der Waals surface area (Å²) >= 11 is 5.86. The SMILES string of the molecule is Cc1cccc(C)c1NC(=O)COC(=O)CCCC(=O)Nc1ccc(Oc2ccc(Cl)cc2)cc1. The highest BCUT2D eigenvalue weighted by atomic mass is 35.5. The van der Waals surface area contributed by atoms with Crippen LogP contribution in [-0.2, 0) is 19.1 Å². The zero-order chi connectivity index (χ0) is 25.2. The fourth-order valence-electron chi connectivity index (χ4n) is 3.27. The Labute approximate surface area is 209 Å². The van der Waals surface area contributed by atoms with Gasteiger partial charge in [-0.1, -0.05) is 29.8 Å². The van der Waals surface area contributed by atoms with E-state index in [-0.39, 0.29) is 25.4 Å². The molecule has 3 aromatic carbocycles. The highest BCUT2D eigenvalue weighted by Crippen LogP contribution is 2.24. The number of halogens is 1. The molecule has 3 aromatic rings. The van der Waals surface area contributed by atoms with Crippen molar-refractivity contribution in [3.05, 3.63) is 82.9 Å². The van der Waals surface area contributed by atoms with E-state index >= 15 is 0 Å². The van der Waals surface area contributed by atoms with Gasteiger partial charge in [-0.25, -0.2) is 0 Å². The van der Waals surface area contributed by atoms with Gasteiger partial charge >= 0.3 is 5.97 Å². The fraction of sp³-hybridized carbons (Fsp3) is 0.222. The van der Waals surface area contributed by atoms with Crippen molar-refractivity contribution >= 4 is 40.8 Å². The minimum atomic E-state index is -0.529. The summed E-state index contributed by atoms with van der Waals surface area (Å²) in [5, 5.41) is 6.16. The molecule has 0 aromatic heterocycles. The van der Waals surface area contributed by atoms with Crippen LogP contribution >= 0.6 is 11.6 Å². The van der Waals surface area contributed by atoms with Crippen molar-refractivity contribution in [3.63, 3.8) is 0 Å². The zero-order valence-electron chi connectivity index (χ0n) is 19.6. The number of aryl methyl sites for hydroxylation is 2. The summed E-state index contributed by atoms with van der Waals surface area (Å²) in [6.07, 6.45) is 0.492. The lowest BCUT2D eigenvalue weighted by Crippen LogP contribution is -2.22. The quantitative estimate of drug-likeness (QED) is 0.335. The van der Waals surface area contributed by atoms with Gasteiger partial charge in [0.25, 0.3) is 5.91 Å². The summed E-state index contributed by atoms with van der Waals surface area (Å²) in [4.78, 5) is 36.2. The molecule has 0 heterocycles. The second-order valence-corrected chi connectivity index (χ2v) is 8.39. The molecule has 0 aliphatic rings. The van der Waals surface area contributed by atoms with Gasteiger partial charge in [0.1, 0.15) is 11.5 Å². The van der Waals surface area contributed by atoms with Gasteiger partial charge in [-0.15, -0.1) is 0 Å². The molecule has 7 nitrogen and oxygen atoms in total. The molecule has 182 valence electrons. The smallest absolute Gasteiger partial charge is 0.306 e. The third kappa shape index (κ3) is 8.46. The first-order valence-corrected chi connectivity index (χ1v) is 11.5. The van der Waals surface area contributed by atoms with Crippen molar-refractivity contribution in [2.24, 2.45) is 0 Å². The molecule has 8 heteroatoms. The number of nitrogens with one attached hydrogen (secondary N) is 2. The van der Waals surface area contributed by atoms with Gasteiger partial charge in [0.15, 0.2) is 6.61 Å². The maximum atomic E-state index is 12.2. The highest BCUT2D eigenvalue weighted by molar-refractivity contribution is 6.30. The van der Waals surface area contributed by atoms with Crippen molar-refractivity contribution in [2.45, 2.75) is 33.1 Å². The molecule has 0 spiro atoms. The summed E-state index contributed by atoms with van der Waals surface area (Å²) in [7, 11) is 0. The Morgan fingerprint density at radius 2 is 1.37 bits per heavy atom. The number of hydrogen-bond donors (Lipinski definition) is 2. The van der Waals surface area contributed by atoms with E-state index in [1.54, 1.807) is 48.5 Å². The monoisotopic (exact) mass is 494 g/mol. The third-order valence-electron chi connectivity index (χ3n) is 5.08. The predicted octanol–water partition coefficient (Wildman–Crippen LogP) is 6.04. The number of hydrogen-bond acceptors (Lipinski definition) is 5. The number of carbonyl (C=O) groups is 3. The van der Waals surface area contributed by atoms with Gasteiger partial charge in [0.05, 0.1) is 0 Å². The first-order valence-electron chi connectivity index (χ1n) is 11.1. The summed E-state index contributed by atoms with van der Waals surface area (Å²) in [6, 6.07) is 19.6. The van der Waals surface area contributed by atoms with Crippen LogP contribution < -0.4 is 15.4 Å². The molecule has 3 rings (SSSR count). The summed E-state index contributed by atoms with van der Waals surface area (Å²) in [6.45, 7) is 3.41. The summed E-state index contributed by atoms with van der Waals surface area (Å²) in [5.41, 5.74) is 3.19. The topological polar surface area (TPSA) is 93.7 Å². The van der Waals surface area contributed by atoms with E-state index in [4.69, 9.17) is 21.1 Å². The van der Waals surface area contributed by atoms with Crippen LogP contribution in [0.25, 0.3) is 0 Å². The third-order valence-corrected chi connectivity index (χ3v) is 5.33. The Kier molecular flexibility index (Phi) is 9.26. The van der Waals surface area contributed by atoms with Gasteiger partial charge in [0, 0.05) is 29.2 Å². The van der Waals surface area contributed by atoms with Gasteiger partial charge in [0.2, 0.25) is 5.91 Å². The molecule has 0 saturated carbocycles. The van der Waals surface area contributed by atoms with Gasteiger partial charge in [-0.3, -0.25) is 14.4 Å². The summed E-state index contributed by atoms with van der Waals surface area (Å²) < 4.78 is 10.7. The van der Waals surface area contributed by atoms with Gasteiger partial charge in [-0.2, -0.15) is 0 Å². The highest BCUT2D eigenvalue weighted by Gasteiger charge is 2.11. The minimum absolute atomic E-state index is 0.0396. The Hall–Kier alpha value is -3.84. The molecule has 0 atom stereocenters. The molecule has 2 N–H and O–H groups in total. The number of esters is 1. The second kappa shape index (κ2) is 12.6. The maximum Gasteiger partial charge on any atom is 0.306 e. The van der Waals surface area contributed by atoms with Crippen LogP contribution in [0, 0.1) is 13.8 Å². The second-order valence-electron chi connectivity index (χ2n) is 7.96. The summed E-state index contributed by atoms with van der Waals surface area (Å²) in [5.74, 6) is 0.114. The predicted molar refractivity (Wildman–Crippen MR) is 136 cm³/mol. The Morgan fingerprint density at radius 1 is 0.771 bits per heavy atom. The number of benzene rings is 3. The Balaban J connectivity index is 1.34. The van der Waals surface area contributed by atoms with Crippen LogP contribution in [0.3, 0.4) is 0 Å². The lowest BCUT2D eigenvalue weighted by molar-refractivity contribution is -0.147. The van der Waals surface area contributed by atoms with Crippen LogP contribution in [0.5, 0.6) is 11.5 Å². The molecule has 0 unspecified atom stereocenters. The van der Waals surface area contributed by atoms with E-state index in [1.807, 2.05) is 32.0 Å². The van der Waals surface area contributed by atoms with Crippen LogP contribution in [0.1, 0.15) is 30.4 Å². The fourth-order valence-corrected chi connectivity index (χ4v) is 3.39. The first-order chi connectivity index (χ1) is 16.8. The average molecular weight is 495 g/mol. The van der Waals surface area contributed by atoms with E-state index in [0.717, 1.165) is 16.8 Å². The van der Waals surface area contributed by atoms with E-state index in [0.29, 0.717) is 28.6 Å². The van der Waals surface area contributed by atoms with Crippen molar-refractivity contribution in [1.82, 2.24) is 0 Å². The average Bonchev–Trinajstić information content (AvgIpc) is 2.83. The number of carbonyl (C=O) groups excluding carboxylic acids is 3. The molecule has 0 aliphatic carbocycles. The molecule has 35 heavy (non-hydrogen) atoms. The number of amides is 2. The number of para-hydroxylation sites is 1. The molecular weight excluding hydrogens is 468 g/mol. The van der Waals surface area contributed by atoms with Crippen molar-refractivity contribution in [2.75, 3.05) is 17.2 Å². The van der Waals surface area contributed by atoms with Crippen LogP contribution in [0.15, 0.2) is 66.7 Å². The minimum Gasteiger partial charge on any atom is -0.457 e.